The van der Waals surface area contributed by atoms with E-state index in [1.807, 2.05) is 19.9 Å². The third-order valence-electron chi connectivity index (χ3n) is 3.33. The van der Waals surface area contributed by atoms with Crippen LogP contribution >= 0.6 is 0 Å². The van der Waals surface area contributed by atoms with Crippen molar-refractivity contribution in [3.05, 3.63) is 11.9 Å². The molecule has 3 N–H and O–H groups in total. The van der Waals surface area contributed by atoms with E-state index in [-0.39, 0.29) is 0 Å². The molecule has 1 aliphatic heterocycles. The molecule has 2 rings (SSSR count). The van der Waals surface area contributed by atoms with Crippen LogP contribution in [0.1, 0.15) is 32.5 Å². The first kappa shape index (κ1) is 14.0. The van der Waals surface area contributed by atoms with Gasteiger partial charge in [0.1, 0.15) is 17.5 Å². The summed E-state index contributed by atoms with van der Waals surface area (Å²) in [4.78, 5) is 11.2. The summed E-state index contributed by atoms with van der Waals surface area (Å²) in [7, 11) is 0. The SMILES string of the molecule is CCOC1CCCN(c2cc(NN)nc(CC)n2)C1. The first-order valence-electron chi connectivity index (χ1n) is 6.98. The Morgan fingerprint density at radius 3 is 3.00 bits per heavy atom. The molecule has 0 aliphatic carbocycles. The Labute approximate surface area is 114 Å². The fourth-order valence-corrected chi connectivity index (χ4v) is 2.40. The third-order valence-corrected chi connectivity index (χ3v) is 3.33. The van der Waals surface area contributed by atoms with Crippen LogP contribution in [0.3, 0.4) is 0 Å². The number of aromatic nitrogens is 2. The number of nitrogens with zero attached hydrogens (tertiary/aromatic N) is 3. The van der Waals surface area contributed by atoms with E-state index < -0.39 is 0 Å². The Morgan fingerprint density at radius 2 is 2.32 bits per heavy atom. The highest BCUT2D eigenvalue weighted by atomic mass is 16.5. The predicted octanol–water partition coefficient (Wildman–Crippen LogP) is 1.33. The number of piperidine rings is 1. The van der Waals surface area contributed by atoms with Crippen molar-refractivity contribution < 1.29 is 4.74 Å². The molecule has 0 bridgehead atoms. The maximum absolute atomic E-state index is 5.72. The summed E-state index contributed by atoms with van der Waals surface area (Å²) in [6.45, 7) is 6.73. The number of anilines is 2. The monoisotopic (exact) mass is 265 g/mol. The van der Waals surface area contributed by atoms with E-state index in [9.17, 15) is 0 Å². The van der Waals surface area contributed by atoms with Gasteiger partial charge in [-0.15, -0.1) is 0 Å². The van der Waals surface area contributed by atoms with Crippen LogP contribution in [-0.2, 0) is 11.2 Å². The van der Waals surface area contributed by atoms with E-state index in [0.717, 1.165) is 50.6 Å². The second-order valence-corrected chi connectivity index (χ2v) is 4.69. The number of nitrogens with two attached hydrogens (primary N) is 1. The minimum absolute atomic E-state index is 0.299. The summed E-state index contributed by atoms with van der Waals surface area (Å²) < 4.78 is 5.72. The fraction of sp³-hybridized carbons (Fsp3) is 0.692. The molecule has 0 aromatic carbocycles. The van der Waals surface area contributed by atoms with Crippen LogP contribution in [0.25, 0.3) is 0 Å². The average molecular weight is 265 g/mol. The Hall–Kier alpha value is -1.40. The second kappa shape index (κ2) is 6.68. The van der Waals surface area contributed by atoms with Gasteiger partial charge in [0.25, 0.3) is 0 Å². The summed E-state index contributed by atoms with van der Waals surface area (Å²) in [5.74, 6) is 7.87. The highest BCUT2D eigenvalue weighted by Gasteiger charge is 2.21. The fourth-order valence-electron chi connectivity index (χ4n) is 2.40. The lowest BCUT2D eigenvalue weighted by Gasteiger charge is -2.33. The number of aryl methyl sites for hydroxylation is 1. The van der Waals surface area contributed by atoms with Crippen LogP contribution in [0.15, 0.2) is 6.07 Å². The normalized spacial score (nSPS) is 19.5. The smallest absolute Gasteiger partial charge is 0.145 e. The standard InChI is InChI=1S/C13H23N5O/c1-3-11-15-12(17-14)8-13(16-11)18-7-5-6-10(9-18)19-4-2/h8,10H,3-7,9,14H2,1-2H3,(H,15,16,17). The molecule has 0 spiro atoms. The Kier molecular flexibility index (Phi) is 4.93. The van der Waals surface area contributed by atoms with Crippen LogP contribution in [-0.4, -0.2) is 35.8 Å². The third kappa shape index (κ3) is 3.54. The van der Waals surface area contributed by atoms with Crippen molar-refractivity contribution in [1.29, 1.82) is 0 Å². The Morgan fingerprint density at radius 1 is 1.47 bits per heavy atom. The molecule has 1 aromatic heterocycles. The maximum Gasteiger partial charge on any atom is 0.145 e. The molecule has 1 fully saturated rings. The topological polar surface area (TPSA) is 76.3 Å². The molecule has 6 nitrogen and oxygen atoms in total. The van der Waals surface area contributed by atoms with Crippen molar-refractivity contribution in [1.82, 2.24) is 9.97 Å². The van der Waals surface area contributed by atoms with Gasteiger partial charge in [0, 0.05) is 32.2 Å². The van der Waals surface area contributed by atoms with Gasteiger partial charge in [-0.05, 0) is 19.8 Å². The molecule has 1 saturated heterocycles. The molecule has 106 valence electrons. The molecule has 19 heavy (non-hydrogen) atoms. The summed E-state index contributed by atoms with van der Waals surface area (Å²) in [6, 6.07) is 1.90. The lowest BCUT2D eigenvalue weighted by atomic mass is 10.1. The molecule has 1 unspecified atom stereocenters. The lowest BCUT2D eigenvalue weighted by Crippen LogP contribution is -2.40. The van der Waals surface area contributed by atoms with E-state index in [4.69, 9.17) is 10.6 Å². The van der Waals surface area contributed by atoms with Crippen LogP contribution in [0.5, 0.6) is 0 Å². The van der Waals surface area contributed by atoms with Gasteiger partial charge in [0.15, 0.2) is 0 Å². The van der Waals surface area contributed by atoms with Gasteiger partial charge in [0.2, 0.25) is 0 Å². The second-order valence-electron chi connectivity index (χ2n) is 4.69. The van der Waals surface area contributed by atoms with Crippen LogP contribution < -0.4 is 16.2 Å². The highest BCUT2D eigenvalue weighted by Crippen LogP contribution is 2.21. The zero-order chi connectivity index (χ0) is 13.7. The summed E-state index contributed by atoms with van der Waals surface area (Å²) >= 11 is 0. The van der Waals surface area contributed by atoms with Gasteiger partial charge >= 0.3 is 0 Å². The van der Waals surface area contributed by atoms with E-state index in [1.54, 1.807) is 0 Å². The lowest BCUT2D eigenvalue weighted by molar-refractivity contribution is 0.0525. The molecule has 1 aliphatic rings. The average Bonchev–Trinajstić information content (AvgIpc) is 2.47. The minimum Gasteiger partial charge on any atom is -0.377 e. The highest BCUT2D eigenvalue weighted by molar-refractivity contribution is 5.49. The van der Waals surface area contributed by atoms with Crippen LogP contribution in [0.2, 0.25) is 0 Å². The first-order chi connectivity index (χ1) is 9.26. The van der Waals surface area contributed by atoms with Gasteiger partial charge < -0.3 is 15.1 Å². The molecule has 0 radical (unpaired) electrons. The molecule has 1 aromatic rings. The first-order valence-corrected chi connectivity index (χ1v) is 6.98. The van der Waals surface area contributed by atoms with Crippen molar-refractivity contribution >= 4 is 11.6 Å². The van der Waals surface area contributed by atoms with E-state index in [0.29, 0.717) is 11.9 Å². The number of hydrogen-bond acceptors (Lipinski definition) is 6. The molecule has 2 heterocycles. The quantitative estimate of drug-likeness (QED) is 0.618. The van der Waals surface area contributed by atoms with Crippen LogP contribution in [0, 0.1) is 0 Å². The van der Waals surface area contributed by atoms with Gasteiger partial charge in [0.05, 0.1) is 6.10 Å². The maximum atomic E-state index is 5.72. The largest absolute Gasteiger partial charge is 0.377 e. The number of hydrogen-bond donors (Lipinski definition) is 2. The summed E-state index contributed by atoms with van der Waals surface area (Å²) in [5.41, 5.74) is 2.61. The zero-order valence-corrected chi connectivity index (χ0v) is 11.7. The van der Waals surface area contributed by atoms with Gasteiger partial charge in [-0.3, -0.25) is 0 Å². The Balaban J connectivity index is 2.15. The van der Waals surface area contributed by atoms with Crippen molar-refractivity contribution in [3.8, 4) is 0 Å². The Bertz CT molecular complexity index is 388. The number of nitrogens with one attached hydrogen (secondary N) is 1. The molecular weight excluding hydrogens is 242 g/mol. The molecule has 0 saturated carbocycles. The van der Waals surface area contributed by atoms with Crippen LogP contribution in [0.4, 0.5) is 11.6 Å². The molecular formula is C13H23N5O. The van der Waals surface area contributed by atoms with Gasteiger partial charge in [-0.2, -0.15) is 0 Å². The van der Waals surface area contributed by atoms with E-state index in [1.165, 1.54) is 0 Å². The van der Waals surface area contributed by atoms with Crippen molar-refractivity contribution in [2.75, 3.05) is 30.0 Å². The number of nitrogen functional groups attached to an aromatic ring is 1. The number of rotatable bonds is 5. The van der Waals surface area contributed by atoms with Crippen molar-refractivity contribution in [3.63, 3.8) is 0 Å². The van der Waals surface area contributed by atoms with Gasteiger partial charge in [-0.25, -0.2) is 15.8 Å². The van der Waals surface area contributed by atoms with Crippen molar-refractivity contribution in [2.24, 2.45) is 5.84 Å². The summed E-state index contributed by atoms with van der Waals surface area (Å²) in [5, 5.41) is 0. The predicted molar refractivity (Wildman–Crippen MR) is 76.1 cm³/mol. The molecule has 6 heteroatoms. The number of hydrazine groups is 1. The molecule has 1 atom stereocenters. The van der Waals surface area contributed by atoms with E-state index in [2.05, 4.69) is 20.3 Å². The van der Waals surface area contributed by atoms with Crippen molar-refractivity contribution in [2.45, 2.75) is 39.2 Å². The van der Waals surface area contributed by atoms with Gasteiger partial charge in [-0.1, -0.05) is 6.92 Å². The van der Waals surface area contributed by atoms with E-state index >= 15 is 0 Å². The summed E-state index contributed by atoms with van der Waals surface area (Å²) in [6.07, 6.45) is 3.35. The zero-order valence-electron chi connectivity index (χ0n) is 11.7. The number of ether oxygens (including phenoxy) is 1. The molecule has 0 amide bonds. The minimum atomic E-state index is 0.299.